The molecule has 9 aromatic rings. The van der Waals surface area contributed by atoms with Crippen LogP contribution in [0.15, 0.2) is 182 Å². The molecule has 0 fully saturated rings. The van der Waals surface area contributed by atoms with Crippen LogP contribution >= 0.6 is 0 Å². The number of hydrogen-bond acceptors (Lipinski definition) is 3. The smallest absolute Gasteiger partial charge is 0.135 e. The van der Waals surface area contributed by atoms with E-state index in [9.17, 15) is 0 Å². The Morgan fingerprint density at radius 1 is 0.533 bits per heavy atom. The molecule has 0 bridgehead atoms. The molecule has 0 atom stereocenters. The number of aromatic nitrogens is 2. The molecular formula is C55H45N4Pt-3. The maximum absolute atomic E-state index is 5.04. The summed E-state index contributed by atoms with van der Waals surface area (Å²) in [6.07, 6.45) is 2.64. The molecule has 4 nitrogen and oxygen atoms in total. The van der Waals surface area contributed by atoms with Crippen molar-refractivity contribution in [1.29, 1.82) is 0 Å². The Balaban J connectivity index is 0.00000462. The van der Waals surface area contributed by atoms with Crippen LogP contribution in [0, 0.1) is 18.8 Å². The molecule has 1 aliphatic rings. The van der Waals surface area contributed by atoms with Crippen LogP contribution in [0.3, 0.4) is 0 Å². The maximum atomic E-state index is 5.04. The number of anilines is 4. The Morgan fingerprint density at radius 2 is 1.15 bits per heavy atom. The zero-order valence-electron chi connectivity index (χ0n) is 34.2. The topological polar surface area (TPSA) is 24.3 Å². The van der Waals surface area contributed by atoms with E-state index in [1.165, 1.54) is 33.3 Å². The molecular weight excluding hydrogens is 912 g/mol. The molecule has 10 rings (SSSR count). The second-order valence-electron chi connectivity index (χ2n) is 16.7. The van der Waals surface area contributed by atoms with Gasteiger partial charge in [0.1, 0.15) is 5.82 Å². The second kappa shape index (κ2) is 15.8. The number of hydrogen-bond donors (Lipinski definition) is 0. The van der Waals surface area contributed by atoms with Gasteiger partial charge in [-0.2, -0.15) is 53.6 Å². The summed E-state index contributed by atoms with van der Waals surface area (Å²) in [6, 6.07) is 70.6. The van der Waals surface area contributed by atoms with Gasteiger partial charge in [-0.05, 0) is 82.8 Å². The SMILES string of the molecule is CC(C)(C)c1ccccc1N1[CH-]N(c2[c-]c(Cc3[c-]c4c(cc3)c3ccccc3n4-c3cc(C(C)(c4ccccc4)c4ccccc4)ccn3)ccc2)c2ccccc21.[Pt]. The first-order chi connectivity index (χ1) is 28.8. The first kappa shape index (κ1) is 39.3. The minimum Gasteiger partial charge on any atom is -0.493 e. The fraction of sp³-hybridized carbons (Fsp3) is 0.127. The summed E-state index contributed by atoms with van der Waals surface area (Å²) < 4.78 is 2.29. The van der Waals surface area contributed by atoms with E-state index in [-0.39, 0.29) is 26.5 Å². The first-order valence-electron chi connectivity index (χ1n) is 20.4. The van der Waals surface area contributed by atoms with Crippen LogP contribution in [0.25, 0.3) is 27.6 Å². The van der Waals surface area contributed by atoms with Gasteiger partial charge in [0.05, 0.1) is 0 Å². The maximum Gasteiger partial charge on any atom is 0.135 e. The largest absolute Gasteiger partial charge is 0.493 e. The molecule has 7 aromatic carbocycles. The van der Waals surface area contributed by atoms with Crippen molar-refractivity contribution in [2.45, 2.75) is 44.9 Å². The zero-order chi connectivity index (χ0) is 40.1. The molecule has 2 aromatic heterocycles. The van der Waals surface area contributed by atoms with Crippen LogP contribution < -0.4 is 9.80 Å². The van der Waals surface area contributed by atoms with Gasteiger partial charge < -0.3 is 14.4 Å². The Kier molecular flexibility index (Phi) is 10.3. The summed E-state index contributed by atoms with van der Waals surface area (Å²) in [6.45, 7) is 11.4. The average Bonchev–Trinajstić information content (AvgIpc) is 3.83. The van der Waals surface area contributed by atoms with Crippen molar-refractivity contribution in [2.24, 2.45) is 0 Å². The number of nitrogens with zero attached hydrogens (tertiary/aromatic N) is 4. The molecule has 0 aliphatic carbocycles. The molecule has 298 valence electrons. The summed E-state index contributed by atoms with van der Waals surface area (Å²) in [5.41, 5.74) is 13.3. The van der Waals surface area contributed by atoms with E-state index >= 15 is 0 Å². The number of rotatable bonds is 8. The Morgan fingerprint density at radius 3 is 1.87 bits per heavy atom. The van der Waals surface area contributed by atoms with Crippen molar-refractivity contribution in [3.8, 4) is 5.82 Å². The molecule has 0 unspecified atom stereocenters. The van der Waals surface area contributed by atoms with Gasteiger partial charge in [0.2, 0.25) is 0 Å². The van der Waals surface area contributed by atoms with Gasteiger partial charge in [-0.25, -0.2) is 4.98 Å². The standard InChI is InChI=1S/C55H45N4.Pt/c1-54(2,3)47-25-12-14-27-49(47)58-38-57(50-28-15-16-29-51(50)58)44-23-17-18-39(35-44)34-40-30-31-46-45-24-11-13-26-48(45)59(52(46)36-40)53-37-43(32-33-56-53)55(4,41-19-7-5-8-20-41)42-21-9-6-10-22-42;/h5-33,37-38H,34H2,1-4H3;/q-3;. The molecule has 0 radical (unpaired) electrons. The summed E-state index contributed by atoms with van der Waals surface area (Å²) in [5, 5.41) is 2.34. The first-order valence-corrected chi connectivity index (χ1v) is 20.4. The van der Waals surface area contributed by atoms with E-state index in [0.29, 0.717) is 6.42 Å². The zero-order valence-corrected chi connectivity index (χ0v) is 36.5. The Labute approximate surface area is 368 Å². The molecule has 0 saturated heterocycles. The Hall–Kier alpha value is -6.22. The van der Waals surface area contributed by atoms with Crippen molar-refractivity contribution < 1.29 is 21.1 Å². The van der Waals surface area contributed by atoms with Gasteiger partial charge in [-0.1, -0.05) is 135 Å². The summed E-state index contributed by atoms with van der Waals surface area (Å²) in [5.74, 6) is 0.870. The van der Waals surface area contributed by atoms with Gasteiger partial charge in [0, 0.05) is 55.3 Å². The van der Waals surface area contributed by atoms with Gasteiger partial charge in [-0.15, -0.1) is 17.7 Å². The quantitative estimate of drug-likeness (QED) is 0.142. The Bertz CT molecular complexity index is 2920. The predicted molar refractivity (Wildman–Crippen MR) is 244 cm³/mol. The van der Waals surface area contributed by atoms with Crippen LogP contribution in [0.5, 0.6) is 0 Å². The second-order valence-corrected chi connectivity index (χ2v) is 16.7. The van der Waals surface area contributed by atoms with E-state index in [2.05, 4.69) is 237 Å². The van der Waals surface area contributed by atoms with E-state index in [4.69, 9.17) is 4.98 Å². The number of fused-ring (bicyclic) bond motifs is 4. The minimum absolute atomic E-state index is 0. The molecule has 5 heteroatoms. The van der Waals surface area contributed by atoms with Crippen LogP contribution in [-0.2, 0) is 38.3 Å². The van der Waals surface area contributed by atoms with Gasteiger partial charge >= 0.3 is 0 Å². The molecule has 0 saturated carbocycles. The van der Waals surface area contributed by atoms with Crippen LogP contribution in [0.2, 0.25) is 0 Å². The van der Waals surface area contributed by atoms with Crippen LogP contribution in [0.1, 0.15) is 61.1 Å². The predicted octanol–water partition coefficient (Wildman–Crippen LogP) is 13.4. The molecule has 3 heterocycles. The third-order valence-corrected chi connectivity index (χ3v) is 12.0. The van der Waals surface area contributed by atoms with Crippen molar-refractivity contribution in [1.82, 2.24) is 9.55 Å². The van der Waals surface area contributed by atoms with Crippen molar-refractivity contribution in [3.05, 3.63) is 234 Å². The van der Waals surface area contributed by atoms with E-state index < -0.39 is 5.41 Å². The number of pyridine rings is 1. The van der Waals surface area contributed by atoms with Gasteiger partial charge in [0.15, 0.2) is 0 Å². The third-order valence-electron chi connectivity index (χ3n) is 12.0. The summed E-state index contributed by atoms with van der Waals surface area (Å²) in [7, 11) is 0. The fourth-order valence-electron chi connectivity index (χ4n) is 8.94. The van der Waals surface area contributed by atoms with Crippen LogP contribution in [-0.4, -0.2) is 9.55 Å². The fourth-order valence-corrected chi connectivity index (χ4v) is 8.94. The average molecular weight is 957 g/mol. The van der Waals surface area contributed by atoms with Gasteiger partial charge in [-0.3, -0.25) is 0 Å². The van der Waals surface area contributed by atoms with E-state index in [1.54, 1.807) is 0 Å². The molecule has 0 amide bonds. The van der Waals surface area contributed by atoms with Crippen molar-refractivity contribution in [2.75, 3.05) is 9.80 Å². The third kappa shape index (κ3) is 6.83. The molecule has 1 aliphatic heterocycles. The van der Waals surface area contributed by atoms with Crippen molar-refractivity contribution >= 4 is 44.6 Å². The molecule has 0 N–H and O–H groups in total. The molecule has 60 heavy (non-hydrogen) atoms. The monoisotopic (exact) mass is 956 g/mol. The van der Waals surface area contributed by atoms with Crippen molar-refractivity contribution in [3.63, 3.8) is 0 Å². The normalized spacial score (nSPS) is 12.8. The van der Waals surface area contributed by atoms with Gasteiger partial charge in [0.25, 0.3) is 0 Å². The summed E-state index contributed by atoms with van der Waals surface area (Å²) in [4.78, 5) is 9.63. The summed E-state index contributed by atoms with van der Waals surface area (Å²) >= 11 is 0. The molecule has 0 spiro atoms. The van der Waals surface area contributed by atoms with E-state index in [1.807, 2.05) is 6.20 Å². The van der Waals surface area contributed by atoms with Crippen LogP contribution in [0.4, 0.5) is 22.7 Å². The number of para-hydroxylation sites is 4. The number of benzene rings is 7. The van der Waals surface area contributed by atoms with E-state index in [0.717, 1.165) is 50.4 Å². The minimum atomic E-state index is -0.394.